The monoisotopic (exact) mass is 652 g/mol. The standard InChI is InChI=1S/C40H36N4O3S/c1-23-14-19-33(24(2)20-23)42-38(45)36-26(4)41-40-44(37(36)29-15-17-31(47-6)18-16-29)39(46)35(48-40)22-30-21-25(3)43(27(30)5)34-13-9-11-28-10-7-8-12-32(28)34/h7-22,37H,1-6H3,(H,42,45)/b35-22+/t37-/m0/s1. The van der Waals surface area contributed by atoms with Crippen molar-refractivity contribution in [3.05, 3.63) is 156 Å². The molecule has 0 spiro atoms. The molecule has 3 heterocycles. The number of carbonyl (C=O) groups excluding carboxylic acids is 1. The Balaban J connectivity index is 1.36. The van der Waals surface area contributed by atoms with E-state index in [-0.39, 0.29) is 11.5 Å². The molecule has 2 aromatic heterocycles. The van der Waals surface area contributed by atoms with Gasteiger partial charge in [-0.2, -0.15) is 0 Å². The predicted octanol–water partition coefficient (Wildman–Crippen LogP) is 7.06. The minimum atomic E-state index is -0.678. The lowest BCUT2D eigenvalue weighted by atomic mass is 9.95. The van der Waals surface area contributed by atoms with E-state index in [2.05, 4.69) is 66.2 Å². The summed E-state index contributed by atoms with van der Waals surface area (Å²) in [6, 6.07) is 29.5. The molecule has 0 radical (unpaired) electrons. The van der Waals surface area contributed by atoms with Crippen LogP contribution in [0.2, 0.25) is 0 Å². The van der Waals surface area contributed by atoms with E-state index >= 15 is 0 Å². The van der Waals surface area contributed by atoms with Crippen molar-refractivity contribution in [3.8, 4) is 11.4 Å². The summed E-state index contributed by atoms with van der Waals surface area (Å²) in [5.74, 6) is 0.395. The summed E-state index contributed by atoms with van der Waals surface area (Å²) in [6.45, 7) is 9.99. The molecule has 1 N–H and O–H groups in total. The highest BCUT2D eigenvalue weighted by atomic mass is 32.1. The SMILES string of the molecule is COc1ccc([C@H]2C(C(=O)Nc3ccc(C)cc3C)=C(C)N=c3s/c(=C/c4cc(C)n(-c5cccc6ccccc56)c4C)c(=O)n32)cc1. The van der Waals surface area contributed by atoms with Gasteiger partial charge in [-0.15, -0.1) is 0 Å². The number of methoxy groups -OCH3 is 1. The van der Waals surface area contributed by atoms with E-state index in [4.69, 9.17) is 9.73 Å². The van der Waals surface area contributed by atoms with Crippen molar-refractivity contribution in [1.82, 2.24) is 9.13 Å². The van der Waals surface area contributed by atoms with Crippen molar-refractivity contribution < 1.29 is 9.53 Å². The number of aromatic nitrogens is 2. The highest BCUT2D eigenvalue weighted by Gasteiger charge is 2.33. The summed E-state index contributed by atoms with van der Waals surface area (Å²) >= 11 is 1.34. The molecule has 6 aromatic rings. The first-order valence-electron chi connectivity index (χ1n) is 15.9. The molecule has 0 fully saturated rings. The average Bonchev–Trinajstić information content (AvgIpc) is 3.54. The van der Waals surface area contributed by atoms with E-state index in [0.717, 1.165) is 50.4 Å². The normalized spacial score (nSPS) is 14.6. The van der Waals surface area contributed by atoms with E-state index < -0.39 is 6.04 Å². The first kappa shape index (κ1) is 31.1. The number of allylic oxidation sites excluding steroid dienone is 1. The van der Waals surface area contributed by atoms with Crippen LogP contribution in [0.5, 0.6) is 5.75 Å². The summed E-state index contributed by atoms with van der Waals surface area (Å²) < 4.78 is 9.86. The number of fused-ring (bicyclic) bond motifs is 2. The largest absolute Gasteiger partial charge is 0.497 e. The number of nitrogens with one attached hydrogen (secondary N) is 1. The molecule has 0 unspecified atom stereocenters. The summed E-state index contributed by atoms with van der Waals surface area (Å²) in [4.78, 5) is 33.9. The third-order valence-electron chi connectivity index (χ3n) is 9.09. The van der Waals surface area contributed by atoms with Gasteiger partial charge in [0.15, 0.2) is 4.80 Å². The van der Waals surface area contributed by atoms with Gasteiger partial charge in [-0.25, -0.2) is 4.99 Å². The molecule has 0 saturated carbocycles. The molecule has 7 nitrogen and oxygen atoms in total. The fourth-order valence-corrected chi connectivity index (χ4v) is 7.74. The van der Waals surface area contributed by atoms with Crippen LogP contribution in [0.15, 0.2) is 112 Å². The van der Waals surface area contributed by atoms with E-state index in [1.54, 1.807) is 11.7 Å². The number of ether oxygens (including phenoxy) is 1. The van der Waals surface area contributed by atoms with Gasteiger partial charge in [-0.05, 0) is 93.1 Å². The van der Waals surface area contributed by atoms with Gasteiger partial charge in [0.25, 0.3) is 11.5 Å². The summed E-state index contributed by atoms with van der Waals surface area (Å²) in [5, 5.41) is 5.43. The molecule has 1 aliphatic rings. The summed E-state index contributed by atoms with van der Waals surface area (Å²) in [5.41, 5.74) is 8.53. The van der Waals surface area contributed by atoms with Crippen molar-refractivity contribution in [3.63, 3.8) is 0 Å². The number of thiazole rings is 1. The number of carbonyl (C=O) groups is 1. The van der Waals surface area contributed by atoms with Gasteiger partial charge in [0.2, 0.25) is 0 Å². The predicted molar refractivity (Wildman–Crippen MR) is 194 cm³/mol. The number of hydrogen-bond acceptors (Lipinski definition) is 5. The Morgan fingerprint density at radius 1 is 0.917 bits per heavy atom. The Morgan fingerprint density at radius 2 is 1.67 bits per heavy atom. The zero-order valence-electron chi connectivity index (χ0n) is 27.8. The lowest BCUT2D eigenvalue weighted by molar-refractivity contribution is -0.113. The van der Waals surface area contributed by atoms with Crippen LogP contribution in [-0.4, -0.2) is 22.2 Å². The second-order valence-electron chi connectivity index (χ2n) is 12.3. The summed E-state index contributed by atoms with van der Waals surface area (Å²) in [6.07, 6.45) is 1.95. The van der Waals surface area contributed by atoms with Crippen LogP contribution in [0.25, 0.3) is 22.5 Å². The Bertz CT molecular complexity index is 2460. The number of rotatable bonds is 6. The van der Waals surface area contributed by atoms with Crippen molar-refractivity contribution in [2.75, 3.05) is 12.4 Å². The maximum absolute atomic E-state index is 14.4. The van der Waals surface area contributed by atoms with Crippen LogP contribution in [0.4, 0.5) is 5.69 Å². The highest BCUT2D eigenvalue weighted by Crippen LogP contribution is 2.33. The lowest BCUT2D eigenvalue weighted by Crippen LogP contribution is -2.40. The van der Waals surface area contributed by atoms with Crippen molar-refractivity contribution >= 4 is 39.8 Å². The molecule has 1 amide bonds. The Hall–Kier alpha value is -5.47. The van der Waals surface area contributed by atoms with Gasteiger partial charge < -0.3 is 14.6 Å². The average molecular weight is 653 g/mol. The molecule has 8 heteroatoms. The van der Waals surface area contributed by atoms with E-state index in [1.807, 2.05) is 75.4 Å². The molecule has 0 aliphatic carbocycles. The molecular formula is C40H36N4O3S. The second-order valence-corrected chi connectivity index (χ2v) is 13.3. The maximum Gasteiger partial charge on any atom is 0.271 e. The minimum absolute atomic E-state index is 0.196. The second kappa shape index (κ2) is 12.3. The Morgan fingerprint density at radius 3 is 2.42 bits per heavy atom. The fourth-order valence-electron chi connectivity index (χ4n) is 6.71. The molecule has 240 valence electrons. The van der Waals surface area contributed by atoms with Crippen LogP contribution >= 0.6 is 11.3 Å². The van der Waals surface area contributed by atoms with Crippen LogP contribution in [0, 0.1) is 27.7 Å². The summed E-state index contributed by atoms with van der Waals surface area (Å²) in [7, 11) is 1.61. The van der Waals surface area contributed by atoms with E-state index in [9.17, 15) is 9.59 Å². The third-order valence-corrected chi connectivity index (χ3v) is 10.1. The first-order chi connectivity index (χ1) is 23.1. The van der Waals surface area contributed by atoms with E-state index in [1.165, 1.54) is 16.7 Å². The number of aryl methyl sites for hydroxylation is 3. The minimum Gasteiger partial charge on any atom is -0.497 e. The topological polar surface area (TPSA) is 77.6 Å². The van der Waals surface area contributed by atoms with Crippen LogP contribution in [0.3, 0.4) is 0 Å². The molecule has 4 aromatic carbocycles. The van der Waals surface area contributed by atoms with Crippen molar-refractivity contribution in [2.45, 2.75) is 40.7 Å². The number of anilines is 1. The van der Waals surface area contributed by atoms with Gasteiger partial charge >= 0.3 is 0 Å². The molecule has 48 heavy (non-hydrogen) atoms. The van der Waals surface area contributed by atoms with E-state index in [0.29, 0.717) is 26.4 Å². The number of benzene rings is 4. The van der Waals surface area contributed by atoms with Crippen LogP contribution in [-0.2, 0) is 4.79 Å². The first-order valence-corrected chi connectivity index (χ1v) is 16.7. The van der Waals surface area contributed by atoms with Gasteiger partial charge in [-0.1, -0.05) is 77.6 Å². The molecule has 7 rings (SSSR count). The van der Waals surface area contributed by atoms with Gasteiger partial charge in [0, 0.05) is 22.5 Å². The third kappa shape index (κ3) is 5.38. The molecular weight excluding hydrogens is 617 g/mol. The Labute approximate surface area is 282 Å². The highest BCUT2D eigenvalue weighted by molar-refractivity contribution is 7.07. The Kier molecular flexibility index (Phi) is 7.97. The molecule has 1 atom stereocenters. The molecule has 0 saturated heterocycles. The number of hydrogen-bond donors (Lipinski definition) is 1. The zero-order chi connectivity index (χ0) is 33.7. The quantitative estimate of drug-likeness (QED) is 0.209. The molecule has 0 bridgehead atoms. The maximum atomic E-state index is 14.4. The van der Waals surface area contributed by atoms with Crippen molar-refractivity contribution in [1.29, 1.82) is 0 Å². The number of nitrogens with zero attached hydrogens (tertiary/aromatic N) is 3. The van der Waals surface area contributed by atoms with Crippen LogP contribution in [0.1, 0.15) is 46.6 Å². The lowest BCUT2D eigenvalue weighted by Gasteiger charge is -2.25. The number of amides is 1. The van der Waals surface area contributed by atoms with Gasteiger partial charge in [0.05, 0.1) is 34.6 Å². The van der Waals surface area contributed by atoms with Gasteiger partial charge in [-0.3, -0.25) is 14.2 Å². The van der Waals surface area contributed by atoms with Gasteiger partial charge in [0.1, 0.15) is 5.75 Å². The zero-order valence-corrected chi connectivity index (χ0v) is 28.6. The van der Waals surface area contributed by atoms with Crippen LogP contribution < -0.4 is 24.9 Å². The van der Waals surface area contributed by atoms with Crippen molar-refractivity contribution in [2.24, 2.45) is 4.99 Å². The molecule has 1 aliphatic heterocycles. The smallest absolute Gasteiger partial charge is 0.271 e. The fraction of sp³-hybridized carbons (Fsp3) is 0.175.